The largest absolute Gasteiger partial charge is 0.481 e. The SMILES string of the molecule is CCC1(CNC(=O)N2CCCC(C(=O)O)C2)CCC1. The molecule has 5 nitrogen and oxygen atoms in total. The van der Waals surface area contributed by atoms with E-state index in [1.165, 1.54) is 19.3 Å². The van der Waals surface area contributed by atoms with Gasteiger partial charge in [-0.1, -0.05) is 13.3 Å². The van der Waals surface area contributed by atoms with Gasteiger partial charge in [0.25, 0.3) is 0 Å². The summed E-state index contributed by atoms with van der Waals surface area (Å²) in [4.78, 5) is 24.7. The molecule has 2 aliphatic rings. The summed E-state index contributed by atoms with van der Waals surface area (Å²) in [6, 6.07) is -0.0920. The number of hydrogen-bond donors (Lipinski definition) is 2. The molecular formula is C14H24N2O3. The average Bonchev–Trinajstić information content (AvgIpc) is 2.38. The molecule has 0 spiro atoms. The molecule has 0 radical (unpaired) electrons. The molecule has 2 fully saturated rings. The van der Waals surface area contributed by atoms with Gasteiger partial charge < -0.3 is 15.3 Å². The molecule has 0 bridgehead atoms. The lowest BCUT2D eigenvalue weighted by atomic mass is 9.67. The number of hydrogen-bond acceptors (Lipinski definition) is 2. The van der Waals surface area contributed by atoms with Crippen molar-refractivity contribution in [2.45, 2.75) is 45.4 Å². The van der Waals surface area contributed by atoms with E-state index in [4.69, 9.17) is 5.11 Å². The molecule has 5 heteroatoms. The van der Waals surface area contributed by atoms with E-state index >= 15 is 0 Å². The van der Waals surface area contributed by atoms with Gasteiger partial charge in [0, 0.05) is 19.6 Å². The summed E-state index contributed by atoms with van der Waals surface area (Å²) in [6.07, 6.45) is 6.21. The zero-order valence-electron chi connectivity index (χ0n) is 11.7. The second-order valence-corrected chi connectivity index (χ2v) is 5.99. The lowest BCUT2D eigenvalue weighted by Gasteiger charge is -2.42. The average molecular weight is 268 g/mol. The summed E-state index contributed by atoms with van der Waals surface area (Å²) in [5.74, 6) is -1.19. The second-order valence-electron chi connectivity index (χ2n) is 5.99. The van der Waals surface area contributed by atoms with Crippen molar-refractivity contribution in [3.05, 3.63) is 0 Å². The third-order valence-electron chi connectivity index (χ3n) is 4.84. The quantitative estimate of drug-likeness (QED) is 0.820. The normalized spacial score (nSPS) is 25.5. The van der Waals surface area contributed by atoms with Crippen LogP contribution in [0.25, 0.3) is 0 Å². The fourth-order valence-electron chi connectivity index (χ4n) is 3.07. The van der Waals surface area contributed by atoms with Crippen molar-refractivity contribution in [3.8, 4) is 0 Å². The predicted octanol–water partition coefficient (Wildman–Crippen LogP) is 2.07. The van der Waals surface area contributed by atoms with Crippen molar-refractivity contribution in [1.82, 2.24) is 10.2 Å². The Morgan fingerprint density at radius 2 is 2.11 bits per heavy atom. The van der Waals surface area contributed by atoms with Crippen LogP contribution in [0, 0.1) is 11.3 Å². The van der Waals surface area contributed by atoms with E-state index in [2.05, 4.69) is 12.2 Å². The molecule has 1 heterocycles. The number of rotatable bonds is 4. The van der Waals surface area contributed by atoms with Crippen LogP contribution >= 0.6 is 0 Å². The standard InChI is InChI=1S/C14H24N2O3/c1-2-14(6-4-7-14)10-15-13(19)16-8-3-5-11(9-16)12(17)18/h11H,2-10H2,1H3,(H,15,19)(H,17,18). The summed E-state index contributed by atoms with van der Waals surface area (Å²) in [6.45, 7) is 3.93. The molecule has 1 aliphatic heterocycles. The fraction of sp³-hybridized carbons (Fsp3) is 0.857. The van der Waals surface area contributed by atoms with Gasteiger partial charge in [0.2, 0.25) is 0 Å². The Labute approximate surface area is 114 Å². The van der Waals surface area contributed by atoms with Crippen molar-refractivity contribution in [1.29, 1.82) is 0 Å². The van der Waals surface area contributed by atoms with Crippen molar-refractivity contribution in [2.24, 2.45) is 11.3 Å². The van der Waals surface area contributed by atoms with Crippen LogP contribution in [-0.2, 0) is 4.79 Å². The van der Waals surface area contributed by atoms with Crippen LogP contribution in [0.3, 0.4) is 0 Å². The van der Waals surface area contributed by atoms with Gasteiger partial charge in [0.05, 0.1) is 5.92 Å². The van der Waals surface area contributed by atoms with Crippen LogP contribution < -0.4 is 5.32 Å². The number of urea groups is 1. The molecule has 2 rings (SSSR count). The lowest BCUT2D eigenvalue weighted by Crippen LogP contribution is -2.50. The van der Waals surface area contributed by atoms with Gasteiger partial charge in [-0.15, -0.1) is 0 Å². The third kappa shape index (κ3) is 3.19. The van der Waals surface area contributed by atoms with Gasteiger partial charge in [0.15, 0.2) is 0 Å². The Morgan fingerprint density at radius 1 is 1.37 bits per heavy atom. The number of likely N-dealkylation sites (tertiary alicyclic amines) is 1. The van der Waals surface area contributed by atoms with Gasteiger partial charge in [-0.3, -0.25) is 4.79 Å². The van der Waals surface area contributed by atoms with Crippen molar-refractivity contribution in [3.63, 3.8) is 0 Å². The van der Waals surface area contributed by atoms with Crippen LogP contribution in [0.1, 0.15) is 45.4 Å². The maximum Gasteiger partial charge on any atom is 0.317 e. The molecule has 108 valence electrons. The van der Waals surface area contributed by atoms with Gasteiger partial charge in [-0.2, -0.15) is 0 Å². The monoisotopic (exact) mass is 268 g/mol. The maximum absolute atomic E-state index is 12.1. The van der Waals surface area contributed by atoms with Gasteiger partial charge in [0.1, 0.15) is 0 Å². The molecule has 0 aromatic carbocycles. The Hall–Kier alpha value is -1.26. The van der Waals surface area contributed by atoms with Crippen molar-refractivity contribution < 1.29 is 14.7 Å². The number of piperidine rings is 1. The smallest absolute Gasteiger partial charge is 0.317 e. The molecule has 1 atom stereocenters. The fourth-order valence-corrected chi connectivity index (χ4v) is 3.07. The second kappa shape index (κ2) is 5.80. The number of nitrogens with one attached hydrogen (secondary N) is 1. The van der Waals surface area contributed by atoms with Gasteiger partial charge in [-0.25, -0.2) is 4.79 Å². The molecule has 1 unspecified atom stereocenters. The molecule has 1 saturated carbocycles. The molecule has 19 heavy (non-hydrogen) atoms. The highest BCUT2D eigenvalue weighted by atomic mass is 16.4. The minimum atomic E-state index is -0.790. The highest BCUT2D eigenvalue weighted by Crippen LogP contribution is 2.43. The van der Waals surface area contributed by atoms with Crippen molar-refractivity contribution in [2.75, 3.05) is 19.6 Å². The Bertz CT molecular complexity index is 347. The van der Waals surface area contributed by atoms with Crippen molar-refractivity contribution >= 4 is 12.0 Å². The van der Waals surface area contributed by atoms with E-state index in [-0.39, 0.29) is 6.03 Å². The van der Waals surface area contributed by atoms with Crippen LogP contribution in [-0.4, -0.2) is 41.6 Å². The number of nitrogens with zero attached hydrogens (tertiary/aromatic N) is 1. The Morgan fingerprint density at radius 3 is 2.63 bits per heavy atom. The van der Waals surface area contributed by atoms with E-state index in [0.717, 1.165) is 19.4 Å². The molecule has 0 aromatic rings. The number of carboxylic acids is 1. The molecule has 2 N–H and O–H groups in total. The highest BCUT2D eigenvalue weighted by Gasteiger charge is 2.36. The lowest BCUT2D eigenvalue weighted by molar-refractivity contribution is -0.143. The van der Waals surface area contributed by atoms with Gasteiger partial charge >= 0.3 is 12.0 Å². The van der Waals surface area contributed by atoms with Crippen LogP contribution in [0.2, 0.25) is 0 Å². The minimum Gasteiger partial charge on any atom is -0.481 e. The number of amides is 2. The van der Waals surface area contributed by atoms with E-state index in [1.54, 1.807) is 4.90 Å². The molecule has 0 aromatic heterocycles. The first kappa shape index (κ1) is 14.2. The van der Waals surface area contributed by atoms with Crippen LogP contribution in [0.4, 0.5) is 4.79 Å². The van der Waals surface area contributed by atoms with E-state index in [0.29, 0.717) is 24.9 Å². The molecule has 1 saturated heterocycles. The minimum absolute atomic E-state index is 0.0920. The zero-order valence-corrected chi connectivity index (χ0v) is 11.7. The summed E-state index contributed by atoms with van der Waals surface area (Å²) >= 11 is 0. The number of aliphatic carboxylic acids is 1. The molecule has 1 aliphatic carbocycles. The number of carboxylic acid groups (broad SMARTS) is 1. The third-order valence-corrected chi connectivity index (χ3v) is 4.84. The van der Waals surface area contributed by atoms with E-state index < -0.39 is 11.9 Å². The zero-order chi connectivity index (χ0) is 13.9. The Balaban J connectivity index is 1.81. The summed E-state index contributed by atoms with van der Waals surface area (Å²) < 4.78 is 0. The predicted molar refractivity (Wildman–Crippen MR) is 71.9 cm³/mol. The van der Waals surface area contributed by atoms with E-state index in [9.17, 15) is 9.59 Å². The number of carbonyl (C=O) groups is 2. The van der Waals surface area contributed by atoms with Crippen LogP contribution in [0.5, 0.6) is 0 Å². The van der Waals surface area contributed by atoms with E-state index in [1.807, 2.05) is 0 Å². The summed E-state index contributed by atoms with van der Waals surface area (Å²) in [5, 5.41) is 12.0. The first-order valence-corrected chi connectivity index (χ1v) is 7.32. The summed E-state index contributed by atoms with van der Waals surface area (Å²) in [7, 11) is 0. The Kier molecular flexibility index (Phi) is 4.32. The first-order valence-electron chi connectivity index (χ1n) is 7.32. The summed E-state index contributed by atoms with van der Waals surface area (Å²) in [5.41, 5.74) is 0.303. The van der Waals surface area contributed by atoms with Gasteiger partial charge in [-0.05, 0) is 37.5 Å². The topological polar surface area (TPSA) is 69.6 Å². The molecule has 2 amide bonds. The highest BCUT2D eigenvalue weighted by molar-refractivity contribution is 5.76. The number of carbonyl (C=O) groups excluding carboxylic acids is 1. The molecular weight excluding hydrogens is 244 g/mol. The first-order chi connectivity index (χ1) is 9.06. The maximum atomic E-state index is 12.1. The van der Waals surface area contributed by atoms with Crippen LogP contribution in [0.15, 0.2) is 0 Å².